The van der Waals surface area contributed by atoms with Gasteiger partial charge in [-0.05, 0) is 86.9 Å². The average molecular weight is 494 g/mol. The number of ether oxygens (including phenoxy) is 5. The minimum atomic E-state index is -1.03. The normalized spacial score (nSPS) is 19.2. The summed E-state index contributed by atoms with van der Waals surface area (Å²) in [7, 11) is 0. The second-order valence-corrected chi connectivity index (χ2v) is 11.4. The van der Waals surface area contributed by atoms with Crippen LogP contribution in [-0.2, 0) is 30.2 Å². The molecule has 0 saturated heterocycles. The van der Waals surface area contributed by atoms with Gasteiger partial charge in [0.2, 0.25) is 0 Å². The molecule has 2 atom stereocenters. The van der Waals surface area contributed by atoms with Gasteiger partial charge in [-0.2, -0.15) is 0 Å². The lowest BCUT2D eigenvalue weighted by molar-refractivity contribution is -0.146. The molecular formula is C26H39NO8. The fourth-order valence-electron chi connectivity index (χ4n) is 3.60. The van der Waals surface area contributed by atoms with Gasteiger partial charge >= 0.3 is 18.2 Å². The molecule has 0 aliphatic carbocycles. The van der Waals surface area contributed by atoms with Gasteiger partial charge in [0, 0.05) is 5.56 Å². The number of hydrogen-bond donors (Lipinski definition) is 1. The minimum Gasteiger partial charge on any atom is -0.484 e. The van der Waals surface area contributed by atoms with Gasteiger partial charge in [0.1, 0.15) is 28.6 Å². The highest BCUT2D eigenvalue weighted by Crippen LogP contribution is 2.42. The van der Waals surface area contributed by atoms with E-state index in [4.69, 9.17) is 23.7 Å². The molecular weight excluding hydrogens is 454 g/mol. The van der Waals surface area contributed by atoms with Crippen LogP contribution < -0.4 is 10.1 Å². The van der Waals surface area contributed by atoms with E-state index >= 15 is 0 Å². The zero-order valence-electron chi connectivity index (χ0n) is 22.4. The minimum absolute atomic E-state index is 0.0333. The number of fused-ring (bicyclic) bond motifs is 1. The fraction of sp³-hybridized carbons (Fsp3) is 0.654. The van der Waals surface area contributed by atoms with E-state index in [1.165, 1.54) is 0 Å². The lowest BCUT2D eigenvalue weighted by Gasteiger charge is -2.44. The average Bonchev–Trinajstić information content (AvgIpc) is 2.61. The van der Waals surface area contributed by atoms with Gasteiger partial charge in [-0.1, -0.05) is 6.07 Å². The number of nitrogens with one attached hydrogen (secondary N) is 1. The number of amides is 1. The summed E-state index contributed by atoms with van der Waals surface area (Å²) in [5.74, 6) is 0.108. The lowest BCUT2D eigenvalue weighted by Crippen LogP contribution is -2.56. The van der Waals surface area contributed by atoms with Crippen LogP contribution in [0, 0.1) is 0 Å². The zero-order valence-corrected chi connectivity index (χ0v) is 22.4. The molecule has 2 unspecified atom stereocenters. The van der Waals surface area contributed by atoms with E-state index in [-0.39, 0.29) is 18.5 Å². The molecule has 196 valence electrons. The summed E-state index contributed by atoms with van der Waals surface area (Å²) >= 11 is 0. The van der Waals surface area contributed by atoms with Crippen molar-refractivity contribution < 1.29 is 38.1 Å². The van der Waals surface area contributed by atoms with Gasteiger partial charge in [0.05, 0.1) is 12.5 Å². The topological polar surface area (TPSA) is 109 Å². The first-order chi connectivity index (χ1) is 15.9. The van der Waals surface area contributed by atoms with Crippen LogP contribution in [0.4, 0.5) is 9.59 Å². The molecule has 1 aromatic carbocycles. The van der Waals surface area contributed by atoms with Gasteiger partial charge in [-0.15, -0.1) is 0 Å². The number of esters is 1. The second kappa shape index (κ2) is 10.3. The van der Waals surface area contributed by atoms with Crippen molar-refractivity contribution in [3.05, 3.63) is 29.3 Å². The first-order valence-electron chi connectivity index (χ1n) is 11.8. The van der Waals surface area contributed by atoms with Crippen LogP contribution in [0.15, 0.2) is 18.2 Å². The fourth-order valence-corrected chi connectivity index (χ4v) is 3.60. The molecule has 1 amide bonds. The highest BCUT2D eigenvalue weighted by Gasteiger charge is 2.48. The van der Waals surface area contributed by atoms with Crippen molar-refractivity contribution in [2.75, 3.05) is 0 Å². The summed E-state index contributed by atoms with van der Waals surface area (Å²) in [4.78, 5) is 37.6. The van der Waals surface area contributed by atoms with Crippen LogP contribution >= 0.6 is 0 Å². The third-order valence-corrected chi connectivity index (χ3v) is 4.77. The molecule has 1 N–H and O–H groups in total. The standard InChI is InChI=1S/C26H39NO8/c1-15(2)31-19(28)14-16-11-12-18-17(13-16)20(27-22(29)34-24(3,4)5)21(26(9,10)33-18)32-23(30)35-25(6,7)8/h11-13,15,20-21H,14H2,1-10H3,(H,27,29). The third kappa shape index (κ3) is 8.64. The van der Waals surface area contributed by atoms with E-state index in [1.807, 2.05) is 0 Å². The molecule has 2 rings (SSSR count). The first kappa shape index (κ1) is 28.3. The Morgan fingerprint density at radius 2 is 1.63 bits per heavy atom. The number of carbonyl (C=O) groups is 3. The van der Waals surface area contributed by atoms with Crippen LogP contribution in [0.2, 0.25) is 0 Å². The molecule has 0 saturated carbocycles. The summed E-state index contributed by atoms with van der Waals surface area (Å²) in [5, 5.41) is 2.83. The van der Waals surface area contributed by atoms with E-state index in [2.05, 4.69) is 5.32 Å². The number of hydrogen-bond acceptors (Lipinski definition) is 8. The lowest BCUT2D eigenvalue weighted by atomic mass is 9.85. The molecule has 0 radical (unpaired) electrons. The van der Waals surface area contributed by atoms with Crippen molar-refractivity contribution in [3.8, 4) is 5.75 Å². The van der Waals surface area contributed by atoms with Gasteiger partial charge in [0.15, 0.2) is 6.10 Å². The van der Waals surface area contributed by atoms with Crippen molar-refractivity contribution in [1.29, 1.82) is 0 Å². The SMILES string of the molecule is CC(C)OC(=O)Cc1ccc2c(c1)C(NC(=O)OC(C)(C)C)C(OC(=O)OC(C)(C)C)C(C)(C)O2. The summed E-state index contributed by atoms with van der Waals surface area (Å²) in [6.45, 7) is 17.5. The molecule has 0 fully saturated rings. The van der Waals surface area contributed by atoms with Crippen molar-refractivity contribution in [3.63, 3.8) is 0 Å². The smallest absolute Gasteiger partial charge is 0.484 e. The van der Waals surface area contributed by atoms with E-state index in [1.54, 1.807) is 87.4 Å². The largest absolute Gasteiger partial charge is 0.509 e. The molecule has 9 nitrogen and oxygen atoms in total. The van der Waals surface area contributed by atoms with Crippen molar-refractivity contribution in [1.82, 2.24) is 5.32 Å². The van der Waals surface area contributed by atoms with E-state index in [0.29, 0.717) is 16.9 Å². The quantitative estimate of drug-likeness (QED) is 0.438. The van der Waals surface area contributed by atoms with Gasteiger partial charge in [-0.25, -0.2) is 9.59 Å². The Labute approximate surface area is 207 Å². The summed E-state index contributed by atoms with van der Waals surface area (Å²) in [6, 6.07) is 4.38. The van der Waals surface area contributed by atoms with Gasteiger partial charge < -0.3 is 29.0 Å². The van der Waals surface area contributed by atoms with E-state index < -0.39 is 41.2 Å². The molecule has 9 heteroatoms. The number of alkyl carbamates (subject to hydrolysis) is 1. The number of rotatable bonds is 5. The monoisotopic (exact) mass is 493 g/mol. The van der Waals surface area contributed by atoms with Crippen molar-refractivity contribution in [2.45, 2.75) is 111 Å². The van der Waals surface area contributed by atoms with Crippen LogP contribution in [-0.4, -0.2) is 47.2 Å². The summed E-state index contributed by atoms with van der Waals surface area (Å²) in [5.41, 5.74) is -1.34. The van der Waals surface area contributed by atoms with Crippen LogP contribution in [0.25, 0.3) is 0 Å². The third-order valence-electron chi connectivity index (χ3n) is 4.77. The van der Waals surface area contributed by atoms with Crippen LogP contribution in [0.3, 0.4) is 0 Å². The maximum atomic E-state index is 12.8. The number of benzene rings is 1. The van der Waals surface area contributed by atoms with Crippen LogP contribution in [0.1, 0.15) is 86.4 Å². The Balaban J connectivity index is 2.46. The predicted molar refractivity (Wildman–Crippen MR) is 129 cm³/mol. The molecule has 1 aliphatic heterocycles. The Kier molecular flexibility index (Phi) is 8.35. The Hall–Kier alpha value is -2.97. The van der Waals surface area contributed by atoms with Gasteiger partial charge in [0.25, 0.3) is 0 Å². The highest BCUT2D eigenvalue weighted by atomic mass is 16.7. The van der Waals surface area contributed by atoms with Crippen molar-refractivity contribution >= 4 is 18.2 Å². The first-order valence-corrected chi connectivity index (χ1v) is 11.8. The molecule has 1 aliphatic rings. The molecule has 1 aromatic rings. The second-order valence-electron chi connectivity index (χ2n) is 11.4. The Morgan fingerprint density at radius 1 is 1.03 bits per heavy atom. The molecule has 0 aromatic heterocycles. The van der Waals surface area contributed by atoms with E-state index in [9.17, 15) is 14.4 Å². The molecule has 0 bridgehead atoms. The predicted octanol–water partition coefficient (Wildman–Crippen LogP) is 5.24. The van der Waals surface area contributed by atoms with Gasteiger partial charge in [-0.3, -0.25) is 4.79 Å². The molecule has 1 heterocycles. The maximum absolute atomic E-state index is 12.8. The molecule has 35 heavy (non-hydrogen) atoms. The molecule has 0 spiro atoms. The van der Waals surface area contributed by atoms with E-state index in [0.717, 1.165) is 0 Å². The Morgan fingerprint density at radius 3 is 2.17 bits per heavy atom. The van der Waals surface area contributed by atoms with Crippen LogP contribution in [0.5, 0.6) is 5.75 Å². The summed E-state index contributed by atoms with van der Waals surface area (Å²) in [6.07, 6.45) is -2.75. The Bertz CT molecular complexity index is 940. The maximum Gasteiger partial charge on any atom is 0.509 e. The highest BCUT2D eigenvalue weighted by molar-refractivity contribution is 5.73. The summed E-state index contributed by atoms with van der Waals surface area (Å²) < 4.78 is 27.9. The van der Waals surface area contributed by atoms with Crippen molar-refractivity contribution in [2.24, 2.45) is 0 Å². The zero-order chi connectivity index (χ0) is 26.8. The number of carbonyl (C=O) groups excluding carboxylic acids is 3.